The smallest absolute Gasteiger partial charge is 0.188 e. The lowest BCUT2D eigenvalue weighted by atomic mass is 9.85. The van der Waals surface area contributed by atoms with Gasteiger partial charge in [-0.2, -0.15) is 0 Å². The second-order valence-corrected chi connectivity index (χ2v) is 6.04. The highest BCUT2D eigenvalue weighted by Crippen LogP contribution is 2.25. The molecule has 0 amide bonds. The summed E-state index contributed by atoms with van der Waals surface area (Å²) in [6, 6.07) is 6.15. The molecule has 1 fully saturated rings. The molecule has 6 heteroatoms. The Morgan fingerprint density at radius 3 is 2.79 bits per heavy atom. The van der Waals surface area contributed by atoms with Gasteiger partial charge in [0.2, 0.25) is 0 Å². The molecule has 0 heterocycles. The van der Waals surface area contributed by atoms with E-state index in [-0.39, 0.29) is 24.0 Å². The highest BCUT2D eigenvalue weighted by Gasteiger charge is 2.16. The fourth-order valence-electron chi connectivity index (χ4n) is 2.45. The molecule has 0 bridgehead atoms. The summed E-state index contributed by atoms with van der Waals surface area (Å²) in [6.07, 6.45) is 3.95. The second-order valence-electron chi connectivity index (χ2n) is 6.04. The van der Waals surface area contributed by atoms with Gasteiger partial charge in [-0.1, -0.05) is 18.6 Å². The molecule has 1 aromatic carbocycles. The monoisotopic (exact) mass is 447 g/mol. The molecule has 3 N–H and O–H groups in total. The fourth-order valence-corrected chi connectivity index (χ4v) is 2.45. The van der Waals surface area contributed by atoms with E-state index in [2.05, 4.69) is 23.3 Å². The molecule has 0 spiro atoms. The van der Waals surface area contributed by atoms with Crippen LogP contribution in [0.2, 0.25) is 0 Å². The first-order valence-corrected chi connectivity index (χ1v) is 8.53. The Labute approximate surface area is 162 Å². The molecule has 1 aliphatic carbocycles. The van der Waals surface area contributed by atoms with Gasteiger partial charge in [0.15, 0.2) is 5.96 Å². The summed E-state index contributed by atoms with van der Waals surface area (Å²) in [4.78, 5) is 4.43. The lowest BCUT2D eigenvalue weighted by molar-refractivity contribution is 0.110. The first-order chi connectivity index (χ1) is 11.2. The number of hydrogen-bond acceptors (Lipinski definition) is 3. The van der Waals surface area contributed by atoms with Crippen LogP contribution in [-0.2, 0) is 11.3 Å². The van der Waals surface area contributed by atoms with Gasteiger partial charge in [-0.25, -0.2) is 4.99 Å². The maximum atomic E-state index is 5.95. The van der Waals surface area contributed by atoms with Crippen LogP contribution in [0.15, 0.2) is 23.2 Å². The van der Waals surface area contributed by atoms with E-state index >= 15 is 0 Å². The summed E-state index contributed by atoms with van der Waals surface area (Å²) in [5.41, 5.74) is 8.16. The van der Waals surface area contributed by atoms with Crippen LogP contribution in [0.3, 0.4) is 0 Å². The number of aliphatic imine (C=N–C) groups is 1. The minimum Gasteiger partial charge on any atom is -0.491 e. The molecule has 1 saturated carbocycles. The summed E-state index contributed by atoms with van der Waals surface area (Å²) >= 11 is 0. The fraction of sp³-hybridized carbons (Fsp3) is 0.611. The van der Waals surface area contributed by atoms with Crippen molar-refractivity contribution < 1.29 is 9.47 Å². The number of aryl methyl sites for hydroxylation is 1. The topological polar surface area (TPSA) is 68.9 Å². The van der Waals surface area contributed by atoms with Gasteiger partial charge >= 0.3 is 0 Å². The molecule has 0 saturated heterocycles. The lowest BCUT2D eigenvalue weighted by Gasteiger charge is -2.25. The first-order valence-electron chi connectivity index (χ1n) is 8.53. The molecular weight excluding hydrogens is 417 g/mol. The third-order valence-corrected chi connectivity index (χ3v) is 4.13. The van der Waals surface area contributed by atoms with Crippen molar-refractivity contribution in [2.45, 2.75) is 39.7 Å². The summed E-state index contributed by atoms with van der Waals surface area (Å²) in [6.45, 7) is 7.33. The quantitative estimate of drug-likeness (QED) is 0.264. The summed E-state index contributed by atoms with van der Waals surface area (Å²) in [7, 11) is 0. The number of hydrogen-bond donors (Lipinski definition) is 2. The molecular formula is C18H30IN3O2. The van der Waals surface area contributed by atoms with Crippen molar-refractivity contribution in [2.75, 3.05) is 26.4 Å². The maximum Gasteiger partial charge on any atom is 0.188 e. The molecule has 0 radical (unpaired) electrons. The van der Waals surface area contributed by atoms with Gasteiger partial charge < -0.3 is 20.5 Å². The predicted octanol–water partition coefficient (Wildman–Crippen LogP) is 3.23. The largest absolute Gasteiger partial charge is 0.491 e. The van der Waals surface area contributed by atoms with Gasteiger partial charge in [0, 0.05) is 18.7 Å². The highest BCUT2D eigenvalue weighted by atomic mass is 127. The van der Waals surface area contributed by atoms with Crippen molar-refractivity contribution in [3.8, 4) is 5.75 Å². The van der Waals surface area contributed by atoms with E-state index in [9.17, 15) is 0 Å². The molecule has 1 aromatic rings. The van der Waals surface area contributed by atoms with Crippen LogP contribution < -0.4 is 15.8 Å². The molecule has 0 aromatic heterocycles. The highest BCUT2D eigenvalue weighted by molar-refractivity contribution is 14.0. The van der Waals surface area contributed by atoms with Crippen molar-refractivity contribution >= 4 is 29.9 Å². The minimum atomic E-state index is 0. The van der Waals surface area contributed by atoms with E-state index in [1.165, 1.54) is 24.8 Å². The van der Waals surface area contributed by atoms with Crippen LogP contribution in [0.25, 0.3) is 0 Å². The maximum absolute atomic E-state index is 5.95. The Balaban J connectivity index is 0.00000288. The molecule has 136 valence electrons. The van der Waals surface area contributed by atoms with Crippen LogP contribution in [0, 0.1) is 12.8 Å². The van der Waals surface area contributed by atoms with Gasteiger partial charge in [-0.05, 0) is 44.2 Å². The van der Waals surface area contributed by atoms with Crippen molar-refractivity contribution in [2.24, 2.45) is 16.6 Å². The zero-order chi connectivity index (χ0) is 16.5. The number of nitrogens with zero attached hydrogens (tertiary/aromatic N) is 1. The zero-order valence-electron chi connectivity index (χ0n) is 14.7. The minimum absolute atomic E-state index is 0. The summed E-state index contributed by atoms with van der Waals surface area (Å²) in [5, 5.41) is 3.21. The first kappa shape index (κ1) is 21.0. The standard InChI is InChI=1S/C18H29N3O2.HI/c1-3-22-9-10-23-17-11-14(2)7-8-16(17)13-21-18(19)20-12-15-5-4-6-15;/h7-8,11,15H,3-6,9-10,12-13H2,1-2H3,(H3,19,20,21);1H. The zero-order valence-corrected chi connectivity index (χ0v) is 17.0. The van der Waals surface area contributed by atoms with Gasteiger partial charge in [-0.3, -0.25) is 0 Å². The van der Waals surface area contributed by atoms with Crippen LogP contribution in [0.5, 0.6) is 5.75 Å². The van der Waals surface area contributed by atoms with Crippen LogP contribution >= 0.6 is 24.0 Å². The SMILES string of the molecule is CCOCCOc1cc(C)ccc1CN=C(N)NCC1CCC1.I. The molecule has 0 aliphatic heterocycles. The normalized spacial score (nSPS) is 14.7. The van der Waals surface area contributed by atoms with E-state index in [1.807, 2.05) is 19.1 Å². The van der Waals surface area contributed by atoms with Gasteiger partial charge in [0.25, 0.3) is 0 Å². The van der Waals surface area contributed by atoms with Crippen molar-refractivity contribution in [1.82, 2.24) is 5.32 Å². The number of nitrogens with one attached hydrogen (secondary N) is 1. The number of ether oxygens (including phenoxy) is 2. The average molecular weight is 447 g/mol. The number of rotatable bonds is 9. The van der Waals surface area contributed by atoms with Crippen molar-refractivity contribution in [3.63, 3.8) is 0 Å². The third kappa shape index (κ3) is 7.25. The van der Waals surface area contributed by atoms with Crippen LogP contribution in [0.1, 0.15) is 37.3 Å². The number of nitrogens with two attached hydrogens (primary N) is 1. The van der Waals surface area contributed by atoms with E-state index in [0.29, 0.717) is 32.3 Å². The third-order valence-electron chi connectivity index (χ3n) is 4.13. The number of guanidine groups is 1. The Hall–Kier alpha value is -1.02. The number of benzene rings is 1. The Morgan fingerprint density at radius 1 is 1.33 bits per heavy atom. The van der Waals surface area contributed by atoms with Crippen molar-refractivity contribution in [1.29, 1.82) is 0 Å². The Morgan fingerprint density at radius 2 is 2.12 bits per heavy atom. The molecule has 2 rings (SSSR count). The van der Waals surface area contributed by atoms with Gasteiger partial charge in [0.1, 0.15) is 12.4 Å². The van der Waals surface area contributed by atoms with Crippen LogP contribution in [-0.4, -0.2) is 32.3 Å². The molecule has 5 nitrogen and oxygen atoms in total. The molecule has 1 aliphatic rings. The summed E-state index contributed by atoms with van der Waals surface area (Å²) in [5.74, 6) is 2.14. The Bertz CT molecular complexity index is 519. The van der Waals surface area contributed by atoms with Gasteiger partial charge in [-0.15, -0.1) is 24.0 Å². The van der Waals surface area contributed by atoms with E-state index < -0.39 is 0 Å². The summed E-state index contributed by atoms with van der Waals surface area (Å²) < 4.78 is 11.1. The second kappa shape index (κ2) is 11.5. The van der Waals surface area contributed by atoms with Gasteiger partial charge in [0.05, 0.1) is 13.2 Å². The van der Waals surface area contributed by atoms with E-state index in [0.717, 1.165) is 23.8 Å². The Kier molecular flexibility index (Phi) is 10.1. The molecule has 0 unspecified atom stereocenters. The van der Waals surface area contributed by atoms with Crippen molar-refractivity contribution in [3.05, 3.63) is 29.3 Å². The predicted molar refractivity (Wildman–Crippen MR) is 109 cm³/mol. The number of halogens is 1. The average Bonchev–Trinajstić information content (AvgIpc) is 2.49. The van der Waals surface area contributed by atoms with E-state index in [4.69, 9.17) is 15.2 Å². The lowest BCUT2D eigenvalue weighted by Crippen LogP contribution is -2.37. The van der Waals surface area contributed by atoms with Crippen LogP contribution in [0.4, 0.5) is 0 Å². The molecule has 24 heavy (non-hydrogen) atoms. The molecule has 0 atom stereocenters. The van der Waals surface area contributed by atoms with E-state index in [1.54, 1.807) is 0 Å².